The number of ether oxygens (including phenoxy) is 1. The lowest BCUT2D eigenvalue weighted by atomic mass is 10.0. The third kappa shape index (κ3) is 2.86. The van der Waals surface area contributed by atoms with Gasteiger partial charge in [0.1, 0.15) is 5.60 Å². The molecular formula is C12H17NO3S. The molecule has 1 amide bonds. The molecule has 2 heterocycles. The Labute approximate surface area is 105 Å². The number of aliphatic hydroxyl groups is 1. The van der Waals surface area contributed by atoms with Crippen LogP contribution >= 0.6 is 11.3 Å². The van der Waals surface area contributed by atoms with Crippen LogP contribution in [0.1, 0.15) is 31.4 Å². The molecule has 2 atom stereocenters. The van der Waals surface area contributed by atoms with Gasteiger partial charge in [-0.1, -0.05) is 0 Å². The summed E-state index contributed by atoms with van der Waals surface area (Å²) in [5.74, 6) is -0.135. The summed E-state index contributed by atoms with van der Waals surface area (Å²) in [6, 6.07) is 1.86. The highest BCUT2D eigenvalue weighted by atomic mass is 32.1. The lowest BCUT2D eigenvalue weighted by Gasteiger charge is -2.22. The highest BCUT2D eigenvalue weighted by molar-refractivity contribution is 7.07. The van der Waals surface area contributed by atoms with Gasteiger partial charge in [0.05, 0.1) is 6.10 Å². The Morgan fingerprint density at radius 3 is 3.18 bits per heavy atom. The molecule has 1 aliphatic heterocycles. The summed E-state index contributed by atoms with van der Waals surface area (Å²) in [6.45, 7) is 2.66. The molecule has 0 bridgehead atoms. The van der Waals surface area contributed by atoms with E-state index in [4.69, 9.17) is 4.74 Å². The smallest absolute Gasteiger partial charge is 0.252 e. The molecule has 0 spiro atoms. The van der Waals surface area contributed by atoms with Gasteiger partial charge in [0, 0.05) is 13.2 Å². The Morgan fingerprint density at radius 2 is 2.59 bits per heavy atom. The number of carbonyl (C=O) groups is 1. The minimum atomic E-state index is -0.714. The minimum absolute atomic E-state index is 0.135. The second-order valence-electron chi connectivity index (χ2n) is 4.47. The SMILES string of the molecule is CC1(C(=O)NCC(O)c2ccsc2)CCCO1. The maximum Gasteiger partial charge on any atom is 0.252 e. The van der Waals surface area contributed by atoms with Gasteiger partial charge in [-0.2, -0.15) is 11.3 Å². The van der Waals surface area contributed by atoms with Gasteiger partial charge in [-0.15, -0.1) is 0 Å². The van der Waals surface area contributed by atoms with Crippen molar-refractivity contribution in [2.45, 2.75) is 31.5 Å². The van der Waals surface area contributed by atoms with E-state index in [9.17, 15) is 9.90 Å². The summed E-state index contributed by atoms with van der Waals surface area (Å²) in [6.07, 6.45) is 1.01. The van der Waals surface area contributed by atoms with E-state index in [1.165, 1.54) is 11.3 Å². The van der Waals surface area contributed by atoms with Crippen LogP contribution in [0.2, 0.25) is 0 Å². The van der Waals surface area contributed by atoms with E-state index in [-0.39, 0.29) is 12.5 Å². The summed E-state index contributed by atoms with van der Waals surface area (Å²) in [5, 5.41) is 16.4. The first kappa shape index (κ1) is 12.5. The molecule has 0 aromatic carbocycles. The zero-order chi connectivity index (χ0) is 12.3. The van der Waals surface area contributed by atoms with Crippen LogP contribution in [0.3, 0.4) is 0 Å². The molecule has 0 aliphatic carbocycles. The van der Waals surface area contributed by atoms with Crippen molar-refractivity contribution in [3.05, 3.63) is 22.4 Å². The molecule has 2 unspecified atom stereocenters. The second-order valence-corrected chi connectivity index (χ2v) is 5.25. The quantitative estimate of drug-likeness (QED) is 0.856. The van der Waals surface area contributed by atoms with Gasteiger partial charge in [0.2, 0.25) is 0 Å². The van der Waals surface area contributed by atoms with Gasteiger partial charge < -0.3 is 15.2 Å². The van der Waals surface area contributed by atoms with E-state index < -0.39 is 11.7 Å². The zero-order valence-corrected chi connectivity index (χ0v) is 10.6. The van der Waals surface area contributed by atoms with Gasteiger partial charge in [-0.25, -0.2) is 0 Å². The molecule has 1 fully saturated rings. The van der Waals surface area contributed by atoms with Crippen LogP contribution in [0.5, 0.6) is 0 Å². The molecule has 1 aromatic rings. The maximum absolute atomic E-state index is 11.9. The summed E-state index contributed by atoms with van der Waals surface area (Å²) < 4.78 is 5.43. The fourth-order valence-electron chi connectivity index (χ4n) is 1.92. The molecule has 17 heavy (non-hydrogen) atoms. The fraction of sp³-hybridized carbons (Fsp3) is 0.583. The zero-order valence-electron chi connectivity index (χ0n) is 9.81. The predicted molar refractivity (Wildman–Crippen MR) is 65.9 cm³/mol. The molecule has 5 heteroatoms. The number of hydrogen-bond acceptors (Lipinski definition) is 4. The van der Waals surface area contributed by atoms with Crippen molar-refractivity contribution in [1.29, 1.82) is 0 Å². The van der Waals surface area contributed by atoms with Crippen molar-refractivity contribution in [1.82, 2.24) is 5.32 Å². The van der Waals surface area contributed by atoms with Gasteiger partial charge in [-0.05, 0) is 42.2 Å². The van der Waals surface area contributed by atoms with E-state index in [0.29, 0.717) is 6.61 Å². The topological polar surface area (TPSA) is 58.6 Å². The number of rotatable bonds is 4. The standard InChI is InChI=1S/C12H17NO3S/c1-12(4-2-5-16-12)11(15)13-7-10(14)9-3-6-17-8-9/h3,6,8,10,14H,2,4-5,7H2,1H3,(H,13,15). The molecule has 1 saturated heterocycles. The normalized spacial score (nSPS) is 25.8. The van der Waals surface area contributed by atoms with E-state index in [2.05, 4.69) is 5.32 Å². The number of nitrogens with one attached hydrogen (secondary N) is 1. The van der Waals surface area contributed by atoms with Crippen molar-refractivity contribution < 1.29 is 14.6 Å². The molecule has 1 aliphatic rings. The van der Waals surface area contributed by atoms with Crippen molar-refractivity contribution in [3.8, 4) is 0 Å². The fourth-order valence-corrected chi connectivity index (χ4v) is 2.62. The number of carbonyl (C=O) groups excluding carboxylic acids is 1. The lowest BCUT2D eigenvalue weighted by Crippen LogP contribution is -2.45. The Morgan fingerprint density at radius 1 is 1.76 bits per heavy atom. The molecular weight excluding hydrogens is 238 g/mol. The van der Waals surface area contributed by atoms with Gasteiger partial charge >= 0.3 is 0 Å². The summed E-state index contributed by atoms with van der Waals surface area (Å²) in [4.78, 5) is 11.9. The Kier molecular flexibility index (Phi) is 3.81. The van der Waals surface area contributed by atoms with Crippen LogP contribution in [-0.4, -0.2) is 29.8 Å². The Hall–Kier alpha value is -0.910. The highest BCUT2D eigenvalue weighted by Crippen LogP contribution is 2.25. The van der Waals surface area contributed by atoms with Gasteiger partial charge in [0.25, 0.3) is 5.91 Å². The number of thiophene rings is 1. The van der Waals surface area contributed by atoms with Crippen molar-refractivity contribution in [2.75, 3.05) is 13.2 Å². The largest absolute Gasteiger partial charge is 0.387 e. The third-order valence-electron chi connectivity index (χ3n) is 3.08. The van der Waals surface area contributed by atoms with Crippen molar-refractivity contribution in [3.63, 3.8) is 0 Å². The monoisotopic (exact) mass is 255 g/mol. The third-order valence-corrected chi connectivity index (χ3v) is 3.78. The molecule has 4 nitrogen and oxygen atoms in total. The first-order valence-electron chi connectivity index (χ1n) is 5.74. The average Bonchev–Trinajstić information content (AvgIpc) is 2.96. The van der Waals surface area contributed by atoms with Crippen LogP contribution < -0.4 is 5.32 Å². The average molecular weight is 255 g/mol. The first-order chi connectivity index (χ1) is 8.12. The molecule has 0 saturated carbocycles. The Balaban J connectivity index is 1.84. The molecule has 2 N–H and O–H groups in total. The van der Waals surface area contributed by atoms with E-state index in [0.717, 1.165) is 18.4 Å². The number of hydrogen-bond donors (Lipinski definition) is 2. The number of aliphatic hydroxyl groups excluding tert-OH is 1. The van der Waals surface area contributed by atoms with Crippen LogP contribution in [0.25, 0.3) is 0 Å². The van der Waals surface area contributed by atoms with E-state index in [1.807, 2.05) is 16.8 Å². The first-order valence-corrected chi connectivity index (χ1v) is 6.68. The summed E-state index contributed by atoms with van der Waals surface area (Å²) in [5.41, 5.74) is 0.127. The van der Waals surface area contributed by atoms with Crippen LogP contribution in [0.4, 0.5) is 0 Å². The van der Waals surface area contributed by atoms with Crippen molar-refractivity contribution in [2.24, 2.45) is 0 Å². The lowest BCUT2D eigenvalue weighted by molar-refractivity contribution is -0.140. The van der Waals surface area contributed by atoms with Gasteiger partial charge in [0.15, 0.2) is 0 Å². The molecule has 1 aromatic heterocycles. The van der Waals surface area contributed by atoms with Crippen molar-refractivity contribution >= 4 is 17.2 Å². The maximum atomic E-state index is 11.9. The molecule has 94 valence electrons. The minimum Gasteiger partial charge on any atom is -0.387 e. The second kappa shape index (κ2) is 5.16. The molecule has 2 rings (SSSR count). The van der Waals surface area contributed by atoms with E-state index in [1.54, 1.807) is 6.92 Å². The summed E-state index contributed by atoms with van der Waals surface area (Å²) >= 11 is 1.53. The van der Waals surface area contributed by atoms with Crippen LogP contribution in [0.15, 0.2) is 16.8 Å². The van der Waals surface area contributed by atoms with E-state index >= 15 is 0 Å². The van der Waals surface area contributed by atoms with Crippen LogP contribution in [-0.2, 0) is 9.53 Å². The summed E-state index contributed by atoms with van der Waals surface area (Å²) in [7, 11) is 0. The van der Waals surface area contributed by atoms with Crippen LogP contribution in [0, 0.1) is 0 Å². The number of amides is 1. The Bertz CT molecular complexity index is 371. The highest BCUT2D eigenvalue weighted by Gasteiger charge is 2.37. The molecule has 0 radical (unpaired) electrons. The predicted octanol–water partition coefficient (Wildman–Crippen LogP) is 1.47. The van der Waals surface area contributed by atoms with Gasteiger partial charge in [-0.3, -0.25) is 4.79 Å².